The van der Waals surface area contributed by atoms with Gasteiger partial charge in [0.2, 0.25) is 0 Å². The van der Waals surface area contributed by atoms with Crippen LogP contribution in [0.25, 0.3) is 0 Å². The van der Waals surface area contributed by atoms with E-state index in [2.05, 4.69) is 20.8 Å². The van der Waals surface area contributed by atoms with Gasteiger partial charge in [-0.25, -0.2) is 0 Å². The second-order valence-electron chi connectivity index (χ2n) is 15.2. The van der Waals surface area contributed by atoms with E-state index in [4.69, 9.17) is 37.9 Å². The highest BCUT2D eigenvalue weighted by molar-refractivity contribution is 5.69. The zero-order valence-corrected chi connectivity index (χ0v) is 36.9. The normalized spacial score (nSPS) is 12.0. The third kappa shape index (κ3) is 45.4. The number of hydrogen-bond acceptors (Lipinski definition) is 10. The Hall–Kier alpha value is -1.30. The summed E-state index contributed by atoms with van der Waals surface area (Å²) in [7, 11) is 0. The first-order valence-electron chi connectivity index (χ1n) is 23.4. The summed E-state index contributed by atoms with van der Waals surface area (Å²) in [4.78, 5) is 24.0. The van der Waals surface area contributed by atoms with Crippen molar-refractivity contribution in [3.63, 3.8) is 0 Å². The molecule has 0 saturated heterocycles. The van der Waals surface area contributed by atoms with Crippen LogP contribution in [0, 0.1) is 0 Å². The van der Waals surface area contributed by atoms with Gasteiger partial charge in [0.1, 0.15) is 6.10 Å². The van der Waals surface area contributed by atoms with Gasteiger partial charge in [0.25, 0.3) is 0 Å². The second kappa shape index (κ2) is 48.1. The lowest BCUT2D eigenvalue weighted by molar-refractivity contribution is -0.144. The molecule has 0 N–H and O–H groups in total. The molecule has 0 fully saturated rings. The lowest BCUT2D eigenvalue weighted by Crippen LogP contribution is -2.27. The predicted octanol–water partition coefficient (Wildman–Crippen LogP) is 11.1. The molecule has 10 heteroatoms. The maximum atomic E-state index is 12.0. The Bertz CT molecular complexity index is 783. The monoisotopic (exact) mass is 803 g/mol. The van der Waals surface area contributed by atoms with E-state index in [0.29, 0.717) is 92.1 Å². The number of carbonyl (C=O) groups is 2. The molecule has 0 spiro atoms. The van der Waals surface area contributed by atoms with Crippen molar-refractivity contribution in [2.24, 2.45) is 0 Å². The Labute approximate surface area is 344 Å². The van der Waals surface area contributed by atoms with Gasteiger partial charge >= 0.3 is 11.9 Å². The van der Waals surface area contributed by atoms with Gasteiger partial charge in [-0.15, -0.1) is 0 Å². The molecular formula is C46H90O10. The summed E-state index contributed by atoms with van der Waals surface area (Å²) in [6.07, 6.45) is 29.2. The SMILES string of the molecule is CCCCCCCCCOC(=O)CCCCCCCOCC(COCCOCCOCCOCCC)OCCCCCCCC(=O)OCCCCCCCCC. The fraction of sp³-hybridized carbons (Fsp3) is 0.957. The summed E-state index contributed by atoms with van der Waals surface area (Å²) < 4.78 is 45.5. The van der Waals surface area contributed by atoms with Crippen LogP contribution in [-0.4, -0.2) is 104 Å². The summed E-state index contributed by atoms with van der Waals surface area (Å²) in [6.45, 7) is 14.1. The molecule has 1 atom stereocenters. The lowest BCUT2D eigenvalue weighted by Gasteiger charge is -2.18. The molecule has 0 radical (unpaired) electrons. The number of carbonyl (C=O) groups excluding carboxylic acids is 2. The van der Waals surface area contributed by atoms with Crippen LogP contribution >= 0.6 is 0 Å². The Morgan fingerprint density at radius 3 is 1.11 bits per heavy atom. The fourth-order valence-corrected chi connectivity index (χ4v) is 6.17. The van der Waals surface area contributed by atoms with Crippen molar-refractivity contribution in [1.82, 2.24) is 0 Å². The van der Waals surface area contributed by atoms with Crippen LogP contribution in [-0.2, 0) is 47.5 Å². The highest BCUT2D eigenvalue weighted by Crippen LogP contribution is 2.11. The highest BCUT2D eigenvalue weighted by Gasteiger charge is 2.11. The molecule has 0 aliphatic rings. The minimum Gasteiger partial charge on any atom is -0.466 e. The van der Waals surface area contributed by atoms with E-state index in [9.17, 15) is 9.59 Å². The van der Waals surface area contributed by atoms with Crippen LogP contribution in [0.2, 0.25) is 0 Å². The summed E-state index contributed by atoms with van der Waals surface area (Å²) in [5.41, 5.74) is 0. The maximum absolute atomic E-state index is 12.0. The van der Waals surface area contributed by atoms with Crippen molar-refractivity contribution in [2.75, 3.05) is 85.9 Å². The van der Waals surface area contributed by atoms with Crippen LogP contribution < -0.4 is 0 Å². The van der Waals surface area contributed by atoms with Crippen molar-refractivity contribution < 1.29 is 47.5 Å². The van der Waals surface area contributed by atoms with E-state index in [1.54, 1.807) is 0 Å². The predicted molar refractivity (Wildman–Crippen MR) is 227 cm³/mol. The summed E-state index contributed by atoms with van der Waals surface area (Å²) in [5, 5.41) is 0. The van der Waals surface area contributed by atoms with Crippen molar-refractivity contribution in [1.29, 1.82) is 0 Å². The van der Waals surface area contributed by atoms with E-state index < -0.39 is 0 Å². The second-order valence-corrected chi connectivity index (χ2v) is 15.2. The molecule has 0 saturated carbocycles. The van der Waals surface area contributed by atoms with Crippen LogP contribution in [0.5, 0.6) is 0 Å². The number of rotatable bonds is 48. The third-order valence-corrected chi connectivity index (χ3v) is 9.64. The van der Waals surface area contributed by atoms with E-state index >= 15 is 0 Å². The molecule has 0 rings (SSSR count). The first-order chi connectivity index (χ1) is 27.6. The van der Waals surface area contributed by atoms with Gasteiger partial charge in [0.05, 0.1) is 66.1 Å². The van der Waals surface area contributed by atoms with Crippen molar-refractivity contribution >= 4 is 11.9 Å². The molecule has 10 nitrogen and oxygen atoms in total. The first kappa shape index (κ1) is 54.7. The van der Waals surface area contributed by atoms with E-state index in [-0.39, 0.29) is 18.0 Å². The smallest absolute Gasteiger partial charge is 0.305 e. The molecular weight excluding hydrogens is 712 g/mol. The summed E-state index contributed by atoms with van der Waals surface area (Å²) in [5.74, 6) is -0.108. The average molecular weight is 803 g/mol. The Morgan fingerprint density at radius 2 is 0.661 bits per heavy atom. The van der Waals surface area contributed by atoms with Gasteiger partial charge < -0.3 is 37.9 Å². The average Bonchev–Trinajstić information content (AvgIpc) is 3.20. The zero-order valence-electron chi connectivity index (χ0n) is 36.9. The largest absolute Gasteiger partial charge is 0.466 e. The molecule has 0 aromatic rings. The number of unbranched alkanes of at least 4 members (excludes halogenated alkanes) is 20. The molecule has 0 heterocycles. The van der Waals surface area contributed by atoms with Crippen LogP contribution in [0.3, 0.4) is 0 Å². The van der Waals surface area contributed by atoms with Crippen molar-refractivity contribution in [3.05, 3.63) is 0 Å². The molecule has 0 aliphatic heterocycles. The van der Waals surface area contributed by atoms with E-state index in [1.807, 2.05) is 0 Å². The number of ether oxygens (including phenoxy) is 8. The van der Waals surface area contributed by atoms with Gasteiger partial charge in [0.15, 0.2) is 0 Å². The standard InChI is InChI=1S/C46H90O10/c1-4-7-9-11-13-20-27-34-55-45(47)29-23-17-15-19-25-32-52-42-44(43-53-41-40-51-39-38-50-37-36-49-31-6-3)54-33-26-22-16-18-24-30-46(48)56-35-28-21-14-12-10-8-5-2/h44H,4-43H2,1-3H3. The van der Waals surface area contributed by atoms with E-state index in [1.165, 1.54) is 64.2 Å². The van der Waals surface area contributed by atoms with Crippen molar-refractivity contribution in [2.45, 2.75) is 200 Å². The minimum absolute atomic E-state index is 0.0527. The molecule has 0 aromatic heterocycles. The van der Waals surface area contributed by atoms with Crippen LogP contribution in [0.15, 0.2) is 0 Å². The first-order valence-corrected chi connectivity index (χ1v) is 23.4. The maximum Gasteiger partial charge on any atom is 0.305 e. The molecule has 0 aromatic carbocycles. The zero-order chi connectivity index (χ0) is 40.7. The number of hydrogen-bond donors (Lipinski definition) is 0. The fourth-order valence-electron chi connectivity index (χ4n) is 6.17. The Balaban J connectivity index is 4.05. The van der Waals surface area contributed by atoms with Gasteiger partial charge in [-0.2, -0.15) is 0 Å². The summed E-state index contributed by atoms with van der Waals surface area (Å²) in [6, 6.07) is 0. The van der Waals surface area contributed by atoms with Crippen LogP contribution in [0.4, 0.5) is 0 Å². The quantitative estimate of drug-likeness (QED) is 0.0436. The molecule has 0 aliphatic carbocycles. The van der Waals surface area contributed by atoms with Gasteiger partial charge in [-0.1, -0.05) is 136 Å². The van der Waals surface area contributed by atoms with Gasteiger partial charge in [-0.05, 0) is 44.9 Å². The Morgan fingerprint density at radius 1 is 0.321 bits per heavy atom. The highest BCUT2D eigenvalue weighted by atomic mass is 16.6. The molecule has 0 amide bonds. The minimum atomic E-state index is -0.125. The Kier molecular flexibility index (Phi) is 47.0. The number of esters is 2. The van der Waals surface area contributed by atoms with Crippen molar-refractivity contribution in [3.8, 4) is 0 Å². The van der Waals surface area contributed by atoms with Crippen LogP contribution in [0.1, 0.15) is 194 Å². The van der Waals surface area contributed by atoms with Gasteiger partial charge in [0, 0.05) is 32.7 Å². The van der Waals surface area contributed by atoms with Gasteiger partial charge in [-0.3, -0.25) is 9.59 Å². The topological polar surface area (TPSA) is 108 Å². The molecule has 0 bridgehead atoms. The third-order valence-electron chi connectivity index (χ3n) is 9.64. The molecule has 1 unspecified atom stereocenters. The molecule has 334 valence electrons. The summed E-state index contributed by atoms with van der Waals surface area (Å²) >= 11 is 0. The van der Waals surface area contributed by atoms with E-state index in [0.717, 1.165) is 103 Å². The lowest BCUT2D eigenvalue weighted by atomic mass is 10.1. The molecule has 56 heavy (non-hydrogen) atoms.